The fourth-order valence-corrected chi connectivity index (χ4v) is 3.95. The van der Waals surface area contributed by atoms with Crippen LogP contribution in [0.5, 0.6) is 5.75 Å². The maximum Gasteiger partial charge on any atom is 0.281 e. The van der Waals surface area contributed by atoms with Crippen LogP contribution in [0.1, 0.15) is 45.1 Å². The van der Waals surface area contributed by atoms with E-state index in [4.69, 9.17) is 4.74 Å². The Kier molecular flexibility index (Phi) is 9.33. The van der Waals surface area contributed by atoms with Crippen LogP contribution in [0.2, 0.25) is 0 Å². The van der Waals surface area contributed by atoms with Crippen molar-refractivity contribution < 1.29 is 13.2 Å². The van der Waals surface area contributed by atoms with E-state index in [1.807, 2.05) is 24.3 Å². The van der Waals surface area contributed by atoms with E-state index in [1.165, 1.54) is 4.31 Å². The smallest absolute Gasteiger partial charge is 0.281 e. The van der Waals surface area contributed by atoms with Crippen molar-refractivity contribution in [3.63, 3.8) is 0 Å². The minimum Gasteiger partial charge on any atom is -0.496 e. The van der Waals surface area contributed by atoms with Crippen LogP contribution in [0, 0.1) is 0 Å². The Morgan fingerprint density at radius 1 is 1.00 bits per heavy atom. The van der Waals surface area contributed by atoms with E-state index >= 15 is 0 Å². The second kappa shape index (κ2) is 10.7. The molecule has 0 amide bonds. The second-order valence-corrected chi connectivity index (χ2v) is 8.03. The van der Waals surface area contributed by atoms with Crippen LogP contribution in [0.25, 0.3) is 0 Å². The molecule has 1 aromatic rings. The molecule has 0 heterocycles. The molecule has 1 aromatic carbocycles. The molecule has 6 heteroatoms. The van der Waals surface area contributed by atoms with E-state index in [0.717, 1.165) is 37.0 Å². The highest BCUT2D eigenvalue weighted by Crippen LogP contribution is 2.19. The van der Waals surface area contributed by atoms with Crippen LogP contribution in [0.3, 0.4) is 0 Å². The van der Waals surface area contributed by atoms with Crippen LogP contribution in [-0.4, -0.2) is 50.8 Å². The number of hydrogen-bond donors (Lipinski definition) is 0. The van der Waals surface area contributed by atoms with Gasteiger partial charge in [-0.15, -0.1) is 0 Å². The summed E-state index contributed by atoms with van der Waals surface area (Å²) in [5, 5.41) is 0. The largest absolute Gasteiger partial charge is 0.496 e. The van der Waals surface area contributed by atoms with Gasteiger partial charge in [-0.1, -0.05) is 44.9 Å². The molecule has 24 heavy (non-hydrogen) atoms. The minimum absolute atomic E-state index is 0.442. The van der Waals surface area contributed by atoms with Gasteiger partial charge in [-0.25, -0.2) is 0 Å². The third-order valence-electron chi connectivity index (χ3n) is 4.13. The molecule has 0 saturated carbocycles. The zero-order valence-electron chi connectivity index (χ0n) is 15.5. The molecule has 0 atom stereocenters. The number of unbranched alkanes of at least 4 members (excludes halogenated alkanes) is 2. The molecule has 0 saturated heterocycles. The Hall–Kier alpha value is -1.11. The van der Waals surface area contributed by atoms with E-state index in [0.29, 0.717) is 26.1 Å². The Morgan fingerprint density at radius 2 is 1.58 bits per heavy atom. The van der Waals surface area contributed by atoms with Crippen LogP contribution < -0.4 is 4.74 Å². The fraction of sp³-hybridized carbons (Fsp3) is 0.667. The summed E-state index contributed by atoms with van der Waals surface area (Å²) >= 11 is 0. The Labute approximate surface area is 147 Å². The van der Waals surface area contributed by atoms with Gasteiger partial charge in [0.15, 0.2) is 0 Å². The standard InChI is InChI=1S/C18H32N2O3S/c1-5-7-14-20(15-8-6-2)24(21,22)19(3)16-13-17-11-9-10-12-18(17)23-4/h9-12H,5-8,13-16H2,1-4H3. The van der Waals surface area contributed by atoms with Gasteiger partial charge in [0.1, 0.15) is 5.75 Å². The lowest BCUT2D eigenvalue weighted by Gasteiger charge is -2.27. The molecule has 0 unspecified atom stereocenters. The van der Waals surface area contributed by atoms with Crippen LogP contribution in [0.15, 0.2) is 24.3 Å². The lowest BCUT2D eigenvalue weighted by Crippen LogP contribution is -2.43. The number of likely N-dealkylation sites (N-methyl/N-ethyl adjacent to an activating group) is 1. The zero-order chi connectivity index (χ0) is 18.0. The van der Waals surface area contributed by atoms with Crippen molar-refractivity contribution in [2.45, 2.75) is 46.0 Å². The molecule has 138 valence electrons. The third-order valence-corrected chi connectivity index (χ3v) is 6.12. The van der Waals surface area contributed by atoms with Crippen molar-refractivity contribution in [3.05, 3.63) is 29.8 Å². The number of hydrogen-bond acceptors (Lipinski definition) is 3. The topological polar surface area (TPSA) is 49.9 Å². The SMILES string of the molecule is CCCCN(CCCC)S(=O)(=O)N(C)CCc1ccccc1OC. The number of methoxy groups -OCH3 is 1. The predicted octanol–water partition coefficient (Wildman–Crippen LogP) is 3.32. The first-order valence-corrected chi connectivity index (χ1v) is 10.2. The highest BCUT2D eigenvalue weighted by molar-refractivity contribution is 7.86. The third kappa shape index (κ3) is 6.07. The summed E-state index contributed by atoms with van der Waals surface area (Å²) in [5.41, 5.74) is 1.02. The Balaban J connectivity index is 2.75. The predicted molar refractivity (Wildman–Crippen MR) is 99.6 cm³/mol. The fourth-order valence-electron chi connectivity index (χ4n) is 2.51. The second-order valence-electron chi connectivity index (χ2n) is 6.00. The minimum atomic E-state index is -3.41. The normalized spacial score (nSPS) is 12.1. The quantitative estimate of drug-likeness (QED) is 0.577. The van der Waals surface area contributed by atoms with E-state index in [9.17, 15) is 8.42 Å². The van der Waals surface area contributed by atoms with E-state index < -0.39 is 10.2 Å². The summed E-state index contributed by atoms with van der Waals surface area (Å²) in [6.07, 6.45) is 4.40. The van der Waals surface area contributed by atoms with Gasteiger partial charge in [-0.05, 0) is 30.9 Å². The van der Waals surface area contributed by atoms with Crippen molar-refractivity contribution in [3.8, 4) is 5.75 Å². The van der Waals surface area contributed by atoms with E-state index in [1.54, 1.807) is 18.5 Å². The lowest BCUT2D eigenvalue weighted by atomic mass is 10.1. The molecule has 1 rings (SSSR count). The van der Waals surface area contributed by atoms with Gasteiger partial charge in [-0.3, -0.25) is 0 Å². The number of rotatable bonds is 12. The van der Waals surface area contributed by atoms with Gasteiger partial charge >= 0.3 is 0 Å². The highest BCUT2D eigenvalue weighted by atomic mass is 32.2. The molecular formula is C18H32N2O3S. The molecule has 0 radical (unpaired) electrons. The molecular weight excluding hydrogens is 324 g/mol. The summed E-state index contributed by atoms with van der Waals surface area (Å²) in [6.45, 7) is 5.79. The van der Waals surface area contributed by atoms with Gasteiger partial charge in [0, 0.05) is 26.7 Å². The van der Waals surface area contributed by atoms with Crippen molar-refractivity contribution >= 4 is 10.2 Å². The van der Waals surface area contributed by atoms with E-state index in [-0.39, 0.29) is 0 Å². The molecule has 0 aliphatic rings. The van der Waals surface area contributed by atoms with Gasteiger partial charge in [0.05, 0.1) is 7.11 Å². The summed E-state index contributed by atoms with van der Waals surface area (Å²) < 4.78 is 34.1. The number of para-hydroxylation sites is 1. The maximum atomic E-state index is 12.8. The van der Waals surface area contributed by atoms with E-state index in [2.05, 4.69) is 13.8 Å². The van der Waals surface area contributed by atoms with Crippen LogP contribution in [-0.2, 0) is 16.6 Å². The van der Waals surface area contributed by atoms with Crippen molar-refractivity contribution in [1.82, 2.24) is 8.61 Å². The molecule has 0 N–H and O–H groups in total. The zero-order valence-corrected chi connectivity index (χ0v) is 16.3. The van der Waals surface area contributed by atoms with Gasteiger partial charge in [0.2, 0.25) is 0 Å². The number of benzene rings is 1. The number of nitrogens with zero attached hydrogens (tertiary/aromatic N) is 2. The Morgan fingerprint density at radius 3 is 2.12 bits per heavy atom. The molecule has 0 aromatic heterocycles. The van der Waals surface area contributed by atoms with Gasteiger partial charge < -0.3 is 4.74 Å². The van der Waals surface area contributed by atoms with Crippen LogP contribution in [0.4, 0.5) is 0 Å². The summed E-state index contributed by atoms with van der Waals surface area (Å²) in [5.74, 6) is 0.803. The molecule has 0 bridgehead atoms. The average Bonchev–Trinajstić information content (AvgIpc) is 2.59. The monoisotopic (exact) mass is 356 g/mol. The van der Waals surface area contributed by atoms with Crippen molar-refractivity contribution in [2.75, 3.05) is 33.8 Å². The first kappa shape index (κ1) is 20.9. The molecule has 0 aliphatic carbocycles. The maximum absolute atomic E-state index is 12.8. The van der Waals surface area contributed by atoms with Gasteiger partial charge in [-0.2, -0.15) is 17.0 Å². The molecule has 5 nitrogen and oxygen atoms in total. The first-order valence-electron chi connectivity index (χ1n) is 8.80. The molecule has 0 fully saturated rings. The lowest BCUT2D eigenvalue weighted by molar-refractivity contribution is 0.349. The highest BCUT2D eigenvalue weighted by Gasteiger charge is 2.25. The average molecular weight is 357 g/mol. The van der Waals surface area contributed by atoms with Crippen molar-refractivity contribution in [2.24, 2.45) is 0 Å². The number of ether oxygens (including phenoxy) is 1. The summed E-state index contributed by atoms with van der Waals surface area (Å²) in [4.78, 5) is 0. The molecule has 0 spiro atoms. The first-order chi connectivity index (χ1) is 11.5. The summed E-state index contributed by atoms with van der Waals surface area (Å²) in [6, 6.07) is 7.74. The molecule has 0 aliphatic heterocycles. The summed E-state index contributed by atoms with van der Waals surface area (Å²) in [7, 11) is -0.112. The Bertz CT molecular complexity index is 567. The van der Waals surface area contributed by atoms with Crippen LogP contribution >= 0.6 is 0 Å². The van der Waals surface area contributed by atoms with Gasteiger partial charge in [0.25, 0.3) is 10.2 Å². The van der Waals surface area contributed by atoms with Crippen molar-refractivity contribution in [1.29, 1.82) is 0 Å².